The van der Waals surface area contributed by atoms with E-state index in [4.69, 9.17) is 5.11 Å². The van der Waals surface area contributed by atoms with Crippen LogP contribution in [0.3, 0.4) is 0 Å². The van der Waals surface area contributed by atoms with E-state index in [0.717, 1.165) is 19.3 Å². The van der Waals surface area contributed by atoms with Crippen LogP contribution in [0.15, 0.2) is 4.90 Å². The maximum absolute atomic E-state index is 12.8. The summed E-state index contributed by atoms with van der Waals surface area (Å²) >= 11 is 0. The van der Waals surface area contributed by atoms with Crippen LogP contribution in [0.25, 0.3) is 0 Å². The first-order valence-electron chi connectivity index (χ1n) is 7.17. The minimum atomic E-state index is -3.64. The molecule has 0 bridgehead atoms. The van der Waals surface area contributed by atoms with Gasteiger partial charge >= 0.3 is 5.97 Å². The topological polar surface area (TPSA) is 90.5 Å². The number of aryl methyl sites for hydroxylation is 1. The van der Waals surface area contributed by atoms with Crippen LogP contribution in [0, 0.1) is 19.8 Å². The maximum Gasteiger partial charge on any atom is 0.352 e. The summed E-state index contributed by atoms with van der Waals surface area (Å²) in [4.78, 5) is 13.9. The second-order valence-electron chi connectivity index (χ2n) is 5.82. The normalized spacial score (nSPS) is 21.2. The monoisotopic (exact) mass is 314 g/mol. The Morgan fingerprint density at radius 3 is 2.52 bits per heavy atom. The molecule has 1 atom stereocenters. The number of carboxylic acids is 1. The molecule has 1 aliphatic heterocycles. The fraction of sp³-hybridized carbons (Fsp3) is 0.643. The van der Waals surface area contributed by atoms with Gasteiger partial charge in [0.15, 0.2) is 0 Å². The number of aromatic amines is 1. The molecule has 6 nitrogen and oxygen atoms in total. The lowest BCUT2D eigenvalue weighted by Gasteiger charge is -2.20. The number of nitrogens with one attached hydrogen (secondary N) is 1. The highest BCUT2D eigenvalue weighted by Crippen LogP contribution is 2.28. The largest absolute Gasteiger partial charge is 0.477 e. The molecule has 2 N–H and O–H groups in total. The zero-order valence-corrected chi connectivity index (χ0v) is 13.5. The van der Waals surface area contributed by atoms with Gasteiger partial charge in [-0.3, -0.25) is 0 Å². The van der Waals surface area contributed by atoms with E-state index in [-0.39, 0.29) is 16.2 Å². The van der Waals surface area contributed by atoms with Crippen molar-refractivity contribution in [3.8, 4) is 0 Å². The molecule has 0 aliphatic carbocycles. The van der Waals surface area contributed by atoms with E-state index in [9.17, 15) is 13.2 Å². The minimum absolute atomic E-state index is 0.0470. The van der Waals surface area contributed by atoms with Crippen LogP contribution < -0.4 is 0 Å². The number of hydrogen-bond acceptors (Lipinski definition) is 3. The average Bonchev–Trinajstić information content (AvgIpc) is 2.56. The van der Waals surface area contributed by atoms with Crippen LogP contribution in [0.5, 0.6) is 0 Å². The van der Waals surface area contributed by atoms with Gasteiger partial charge in [-0.2, -0.15) is 4.31 Å². The maximum atomic E-state index is 12.8. The zero-order valence-electron chi connectivity index (χ0n) is 12.6. The average molecular weight is 314 g/mol. The van der Waals surface area contributed by atoms with Gasteiger partial charge in [-0.15, -0.1) is 0 Å². The number of sulfonamides is 1. The van der Waals surface area contributed by atoms with Crippen LogP contribution in [-0.2, 0) is 10.0 Å². The fourth-order valence-electron chi connectivity index (χ4n) is 2.94. The highest BCUT2D eigenvalue weighted by Gasteiger charge is 2.32. The van der Waals surface area contributed by atoms with E-state index in [0.29, 0.717) is 24.7 Å². The number of carboxylic acid groups (broad SMARTS) is 1. The second kappa shape index (κ2) is 5.81. The van der Waals surface area contributed by atoms with Crippen molar-refractivity contribution in [2.24, 2.45) is 5.92 Å². The summed E-state index contributed by atoms with van der Waals surface area (Å²) in [5.41, 5.74) is 0.633. The summed E-state index contributed by atoms with van der Waals surface area (Å²) in [7, 11) is -3.64. The number of nitrogens with zero attached hydrogens (tertiary/aromatic N) is 1. The molecule has 0 aromatic carbocycles. The molecule has 0 amide bonds. The van der Waals surface area contributed by atoms with Gasteiger partial charge in [0.25, 0.3) is 0 Å². The van der Waals surface area contributed by atoms with Crippen molar-refractivity contribution < 1.29 is 18.3 Å². The summed E-state index contributed by atoms with van der Waals surface area (Å²) in [6.07, 6.45) is 2.71. The van der Waals surface area contributed by atoms with E-state index in [1.807, 2.05) is 0 Å². The quantitative estimate of drug-likeness (QED) is 0.894. The third-order valence-electron chi connectivity index (χ3n) is 4.16. The number of rotatable bonds is 3. The molecule has 1 fully saturated rings. The number of aromatic nitrogens is 1. The van der Waals surface area contributed by atoms with Gasteiger partial charge in [0.2, 0.25) is 10.0 Å². The zero-order chi connectivity index (χ0) is 15.8. The molecule has 118 valence electrons. The molecule has 2 heterocycles. The predicted octanol–water partition coefficient (Wildman–Crippen LogP) is 2.14. The van der Waals surface area contributed by atoms with E-state index >= 15 is 0 Å². The third kappa shape index (κ3) is 2.98. The SMILES string of the molecule is Cc1[nH]c(C(=O)O)c(C)c1S(=O)(=O)N1CCCC(C)CC1. The van der Waals surface area contributed by atoms with Crippen LogP contribution in [0.4, 0.5) is 0 Å². The molecular weight excluding hydrogens is 292 g/mol. The Labute approximate surface area is 125 Å². The number of hydrogen-bond donors (Lipinski definition) is 2. The summed E-state index contributed by atoms with van der Waals surface area (Å²) in [6.45, 7) is 6.27. The van der Waals surface area contributed by atoms with Crippen molar-refractivity contribution >= 4 is 16.0 Å². The predicted molar refractivity (Wildman–Crippen MR) is 79.0 cm³/mol. The number of carbonyl (C=O) groups is 1. The summed E-state index contributed by atoms with van der Waals surface area (Å²) < 4.78 is 27.2. The van der Waals surface area contributed by atoms with Crippen molar-refractivity contribution in [2.75, 3.05) is 13.1 Å². The number of H-pyrrole nitrogens is 1. The lowest BCUT2D eigenvalue weighted by Crippen LogP contribution is -2.32. The summed E-state index contributed by atoms with van der Waals surface area (Å²) in [6, 6.07) is 0. The van der Waals surface area contributed by atoms with Gasteiger partial charge in [-0.05, 0) is 39.0 Å². The van der Waals surface area contributed by atoms with Crippen LogP contribution in [0.1, 0.15) is 47.9 Å². The molecular formula is C14H22N2O4S. The van der Waals surface area contributed by atoms with Crippen LogP contribution in [0.2, 0.25) is 0 Å². The first-order chi connectivity index (χ1) is 9.75. The Hall–Kier alpha value is -1.34. The molecule has 2 rings (SSSR count). The smallest absolute Gasteiger partial charge is 0.352 e. The van der Waals surface area contributed by atoms with E-state index in [1.54, 1.807) is 13.8 Å². The van der Waals surface area contributed by atoms with Gasteiger partial charge in [0.1, 0.15) is 10.6 Å². The Bertz CT molecular complexity index is 648. The van der Waals surface area contributed by atoms with Crippen molar-refractivity contribution in [1.82, 2.24) is 9.29 Å². The van der Waals surface area contributed by atoms with E-state index < -0.39 is 16.0 Å². The van der Waals surface area contributed by atoms with Gasteiger partial charge < -0.3 is 10.1 Å². The molecule has 1 aromatic heterocycles. The standard InChI is InChI=1S/C14H22N2O4S/c1-9-5-4-7-16(8-6-9)21(19,20)13-10(2)12(14(17)18)15-11(13)3/h9,15H,4-8H2,1-3H3,(H,17,18). The molecule has 1 unspecified atom stereocenters. The Balaban J connectivity index is 2.42. The van der Waals surface area contributed by atoms with Crippen molar-refractivity contribution in [2.45, 2.75) is 44.9 Å². The first-order valence-corrected chi connectivity index (χ1v) is 8.61. The molecule has 1 aromatic rings. The summed E-state index contributed by atoms with van der Waals surface area (Å²) in [5.74, 6) is -0.616. The van der Waals surface area contributed by atoms with Crippen LogP contribution >= 0.6 is 0 Å². The van der Waals surface area contributed by atoms with Gasteiger partial charge in [-0.1, -0.05) is 6.92 Å². The van der Waals surface area contributed by atoms with E-state index in [2.05, 4.69) is 11.9 Å². The second-order valence-corrected chi connectivity index (χ2v) is 7.70. The van der Waals surface area contributed by atoms with Gasteiger partial charge in [0.05, 0.1) is 0 Å². The van der Waals surface area contributed by atoms with Crippen molar-refractivity contribution in [3.05, 3.63) is 17.0 Å². The molecule has 0 saturated carbocycles. The molecule has 0 radical (unpaired) electrons. The lowest BCUT2D eigenvalue weighted by molar-refractivity contribution is 0.0690. The fourth-order valence-corrected chi connectivity index (χ4v) is 4.84. The molecule has 21 heavy (non-hydrogen) atoms. The van der Waals surface area contributed by atoms with Crippen molar-refractivity contribution in [3.63, 3.8) is 0 Å². The Morgan fingerprint density at radius 2 is 1.95 bits per heavy atom. The van der Waals surface area contributed by atoms with Gasteiger partial charge in [-0.25, -0.2) is 13.2 Å². The summed E-state index contributed by atoms with van der Waals surface area (Å²) in [5, 5.41) is 9.12. The molecule has 1 aliphatic rings. The third-order valence-corrected chi connectivity index (χ3v) is 6.33. The van der Waals surface area contributed by atoms with Gasteiger partial charge in [0, 0.05) is 24.3 Å². The highest BCUT2D eigenvalue weighted by molar-refractivity contribution is 7.89. The molecule has 0 spiro atoms. The Kier molecular flexibility index (Phi) is 4.43. The first kappa shape index (κ1) is 16.0. The van der Waals surface area contributed by atoms with Crippen LogP contribution in [-0.4, -0.2) is 41.9 Å². The minimum Gasteiger partial charge on any atom is -0.477 e. The van der Waals surface area contributed by atoms with E-state index in [1.165, 1.54) is 4.31 Å². The molecule has 1 saturated heterocycles. The lowest BCUT2D eigenvalue weighted by atomic mass is 10.0. The van der Waals surface area contributed by atoms with Crippen molar-refractivity contribution in [1.29, 1.82) is 0 Å². The highest BCUT2D eigenvalue weighted by atomic mass is 32.2. The Morgan fingerprint density at radius 1 is 1.29 bits per heavy atom. The number of aromatic carboxylic acids is 1. The molecule has 7 heteroatoms.